The summed E-state index contributed by atoms with van der Waals surface area (Å²) < 4.78 is 40.9. The van der Waals surface area contributed by atoms with Crippen molar-refractivity contribution in [1.82, 2.24) is 4.98 Å². The van der Waals surface area contributed by atoms with Crippen LogP contribution in [0.3, 0.4) is 0 Å². The number of alkyl halides is 3. The first kappa shape index (κ1) is 23.6. The predicted molar refractivity (Wildman–Crippen MR) is 116 cm³/mol. The third-order valence-electron chi connectivity index (χ3n) is 5.58. The first-order valence-corrected chi connectivity index (χ1v) is 10.1. The lowest BCUT2D eigenvalue weighted by atomic mass is 9.75. The Morgan fingerprint density at radius 1 is 1.30 bits per heavy atom. The molecule has 4 nitrogen and oxygen atoms in total. The van der Waals surface area contributed by atoms with Crippen LogP contribution in [0, 0.1) is 30.6 Å². The van der Waals surface area contributed by atoms with E-state index in [9.17, 15) is 13.2 Å². The van der Waals surface area contributed by atoms with Crippen molar-refractivity contribution < 1.29 is 13.2 Å². The van der Waals surface area contributed by atoms with Crippen LogP contribution in [0.2, 0.25) is 0 Å². The predicted octanol–water partition coefficient (Wildman–Crippen LogP) is 6.03. The van der Waals surface area contributed by atoms with Crippen LogP contribution >= 0.6 is 0 Å². The molecule has 0 saturated heterocycles. The van der Waals surface area contributed by atoms with Crippen LogP contribution in [0.5, 0.6) is 0 Å². The van der Waals surface area contributed by atoms with Crippen LogP contribution in [-0.2, 0) is 0 Å². The van der Waals surface area contributed by atoms with Crippen molar-refractivity contribution in [3.8, 4) is 0 Å². The minimum atomic E-state index is -4.29. The van der Waals surface area contributed by atoms with Gasteiger partial charge in [0.2, 0.25) is 0 Å². The van der Waals surface area contributed by atoms with Gasteiger partial charge in [-0.05, 0) is 67.4 Å². The number of hydrogen-bond acceptors (Lipinski definition) is 4. The molecule has 162 valence electrons. The Bertz CT molecular complexity index is 908. The van der Waals surface area contributed by atoms with Crippen LogP contribution in [-0.4, -0.2) is 23.6 Å². The SMILES string of the molecule is CCC/C=C(C1=C(c2c(C)cnc(C)c2C=N)CCC(C(F)(F)F)C1)\C(C=N)=C\N. The molecule has 0 aromatic carbocycles. The molecule has 2 rings (SSSR count). The van der Waals surface area contributed by atoms with Crippen LogP contribution < -0.4 is 5.73 Å². The summed E-state index contributed by atoms with van der Waals surface area (Å²) in [6, 6.07) is 0. The van der Waals surface area contributed by atoms with E-state index in [4.69, 9.17) is 16.6 Å². The minimum Gasteiger partial charge on any atom is -0.404 e. The Morgan fingerprint density at radius 2 is 2.00 bits per heavy atom. The molecule has 0 radical (unpaired) electrons. The Kier molecular flexibility index (Phi) is 7.76. The van der Waals surface area contributed by atoms with Crippen molar-refractivity contribution in [1.29, 1.82) is 10.8 Å². The smallest absolute Gasteiger partial charge is 0.392 e. The zero-order valence-electron chi connectivity index (χ0n) is 17.7. The highest BCUT2D eigenvalue weighted by atomic mass is 19.4. The molecule has 1 atom stereocenters. The van der Waals surface area contributed by atoms with Crippen molar-refractivity contribution in [2.24, 2.45) is 11.7 Å². The average Bonchev–Trinajstić information content (AvgIpc) is 2.71. The summed E-state index contributed by atoms with van der Waals surface area (Å²) in [5.74, 6) is -1.45. The molecule has 1 aliphatic rings. The summed E-state index contributed by atoms with van der Waals surface area (Å²) in [6.07, 6.45) is 4.42. The van der Waals surface area contributed by atoms with Gasteiger partial charge in [-0.15, -0.1) is 0 Å². The molecule has 1 aromatic rings. The lowest BCUT2D eigenvalue weighted by molar-refractivity contribution is -0.176. The maximum atomic E-state index is 13.6. The van der Waals surface area contributed by atoms with Crippen LogP contribution in [0.4, 0.5) is 13.2 Å². The lowest BCUT2D eigenvalue weighted by Crippen LogP contribution is -2.27. The number of unbranched alkanes of at least 4 members (excludes halogenated alkanes) is 1. The molecule has 0 spiro atoms. The van der Waals surface area contributed by atoms with E-state index in [1.165, 1.54) is 12.4 Å². The van der Waals surface area contributed by atoms with Gasteiger partial charge in [0, 0.05) is 41.7 Å². The van der Waals surface area contributed by atoms with Gasteiger partial charge >= 0.3 is 6.18 Å². The maximum absolute atomic E-state index is 13.6. The Morgan fingerprint density at radius 3 is 2.53 bits per heavy atom. The molecule has 0 bridgehead atoms. The summed E-state index contributed by atoms with van der Waals surface area (Å²) in [4.78, 5) is 4.31. The number of rotatable bonds is 7. The average molecular weight is 419 g/mol. The molecule has 30 heavy (non-hydrogen) atoms. The molecule has 1 unspecified atom stereocenters. The Balaban J connectivity index is 2.86. The fraction of sp³-hybridized carbons (Fsp3) is 0.435. The second kappa shape index (κ2) is 9.87. The van der Waals surface area contributed by atoms with Gasteiger partial charge in [-0.3, -0.25) is 4.98 Å². The van der Waals surface area contributed by atoms with Crippen LogP contribution in [0.1, 0.15) is 61.4 Å². The first-order chi connectivity index (χ1) is 14.2. The number of pyridine rings is 1. The van der Waals surface area contributed by atoms with E-state index in [0.717, 1.165) is 29.3 Å². The molecule has 0 amide bonds. The van der Waals surface area contributed by atoms with Crippen molar-refractivity contribution >= 4 is 18.0 Å². The third kappa shape index (κ3) is 4.89. The maximum Gasteiger partial charge on any atom is 0.392 e. The zero-order valence-corrected chi connectivity index (χ0v) is 17.7. The highest BCUT2D eigenvalue weighted by molar-refractivity contribution is 5.93. The Labute approximate surface area is 175 Å². The molecule has 1 aromatic heterocycles. The van der Waals surface area contributed by atoms with Crippen LogP contribution in [0.15, 0.2) is 35.2 Å². The van der Waals surface area contributed by atoms with Gasteiger partial charge in [-0.25, -0.2) is 0 Å². The van der Waals surface area contributed by atoms with E-state index in [-0.39, 0.29) is 19.3 Å². The van der Waals surface area contributed by atoms with Crippen molar-refractivity contribution in [3.05, 3.63) is 57.6 Å². The molecule has 0 fully saturated rings. The topological polar surface area (TPSA) is 86.6 Å². The third-order valence-corrected chi connectivity index (χ3v) is 5.58. The molecule has 0 saturated carbocycles. The number of nitrogens with one attached hydrogen (secondary N) is 2. The van der Waals surface area contributed by atoms with Crippen molar-refractivity contribution in [3.63, 3.8) is 0 Å². The lowest BCUT2D eigenvalue weighted by Gasteiger charge is -2.32. The summed E-state index contributed by atoms with van der Waals surface area (Å²) >= 11 is 0. The number of nitrogens with two attached hydrogens (primary N) is 1. The number of allylic oxidation sites excluding steroid dienone is 5. The van der Waals surface area contributed by atoms with Gasteiger partial charge in [-0.1, -0.05) is 19.4 Å². The van der Waals surface area contributed by atoms with Gasteiger partial charge in [-0.2, -0.15) is 13.2 Å². The van der Waals surface area contributed by atoms with Gasteiger partial charge in [0.25, 0.3) is 0 Å². The summed E-state index contributed by atoms with van der Waals surface area (Å²) in [6.45, 7) is 5.64. The van der Waals surface area contributed by atoms with Crippen molar-refractivity contribution in [2.75, 3.05) is 0 Å². The van der Waals surface area contributed by atoms with Gasteiger partial charge < -0.3 is 16.6 Å². The molecular weight excluding hydrogens is 389 g/mol. The molecule has 4 N–H and O–H groups in total. The molecule has 1 aliphatic carbocycles. The van der Waals surface area contributed by atoms with E-state index in [0.29, 0.717) is 34.4 Å². The summed E-state index contributed by atoms with van der Waals surface area (Å²) in [7, 11) is 0. The zero-order chi connectivity index (χ0) is 22.5. The number of hydrogen-bond donors (Lipinski definition) is 3. The second-order valence-electron chi connectivity index (χ2n) is 7.57. The van der Waals surface area contributed by atoms with Gasteiger partial charge in [0.15, 0.2) is 0 Å². The number of aromatic nitrogens is 1. The molecule has 1 heterocycles. The van der Waals surface area contributed by atoms with E-state index in [1.807, 2.05) is 19.9 Å². The molecule has 0 aliphatic heterocycles. The quantitative estimate of drug-likeness (QED) is 0.373. The highest BCUT2D eigenvalue weighted by Gasteiger charge is 2.42. The van der Waals surface area contributed by atoms with Gasteiger partial charge in [0.05, 0.1) is 5.92 Å². The van der Waals surface area contributed by atoms with E-state index >= 15 is 0 Å². The second-order valence-corrected chi connectivity index (χ2v) is 7.57. The minimum absolute atomic E-state index is 0.00605. The van der Waals surface area contributed by atoms with E-state index in [1.54, 1.807) is 13.1 Å². The van der Waals surface area contributed by atoms with E-state index in [2.05, 4.69) is 4.98 Å². The standard InChI is InChI=1S/C23H29F3N4/c1-4-5-6-18(16(10-27)11-28)20-9-17(23(24,25)26)7-8-19(20)22-14(2)13-30-15(3)21(22)12-29/h6,10-13,17,27,29H,4-5,7-9,28H2,1-3H3/b16-11+,18-6+,27-10?,29-12?. The van der Waals surface area contributed by atoms with Crippen LogP contribution in [0.25, 0.3) is 5.57 Å². The number of halogens is 3. The molecular formula is C23H29F3N4. The monoisotopic (exact) mass is 418 g/mol. The fourth-order valence-electron chi connectivity index (χ4n) is 3.99. The number of aryl methyl sites for hydroxylation is 2. The first-order valence-electron chi connectivity index (χ1n) is 10.1. The van der Waals surface area contributed by atoms with Gasteiger partial charge in [0.1, 0.15) is 0 Å². The summed E-state index contributed by atoms with van der Waals surface area (Å²) in [5.41, 5.74) is 11.0. The summed E-state index contributed by atoms with van der Waals surface area (Å²) in [5, 5.41) is 15.6. The van der Waals surface area contributed by atoms with E-state index < -0.39 is 12.1 Å². The Hall–Kier alpha value is -2.70. The highest BCUT2D eigenvalue weighted by Crippen LogP contribution is 2.47. The number of nitrogens with zero attached hydrogens (tertiary/aromatic N) is 1. The molecule has 7 heteroatoms. The van der Waals surface area contributed by atoms with Crippen molar-refractivity contribution in [2.45, 2.75) is 59.1 Å². The largest absolute Gasteiger partial charge is 0.404 e. The fourth-order valence-corrected chi connectivity index (χ4v) is 3.99. The normalized spacial score (nSPS) is 18.5.